The predicted molar refractivity (Wildman–Crippen MR) is 78.5 cm³/mol. The topological polar surface area (TPSA) is 58.1 Å². The zero-order valence-corrected chi connectivity index (χ0v) is 12.8. The smallest absolute Gasteiger partial charge is 0.124 e. The molecule has 0 aliphatic rings. The van der Waals surface area contributed by atoms with E-state index in [1.54, 1.807) is 7.11 Å². The Morgan fingerprint density at radius 1 is 1.32 bits per heavy atom. The summed E-state index contributed by atoms with van der Waals surface area (Å²) in [6, 6.07) is 4.10. The molecule has 0 aliphatic carbocycles. The maximum atomic E-state index is 8.96. The second-order valence-electron chi connectivity index (χ2n) is 4.46. The average Bonchev–Trinajstić information content (AvgIpc) is 2.70. The number of aliphatic hydroxyl groups is 1. The number of hydrogen-bond donors (Lipinski definition) is 2. The van der Waals surface area contributed by atoms with E-state index in [2.05, 4.69) is 38.0 Å². The van der Waals surface area contributed by atoms with Crippen LogP contribution in [-0.4, -0.2) is 28.8 Å². The second kappa shape index (κ2) is 5.75. The van der Waals surface area contributed by atoms with Gasteiger partial charge in [-0.15, -0.1) is 0 Å². The van der Waals surface area contributed by atoms with Gasteiger partial charge < -0.3 is 14.8 Å². The molecule has 0 bridgehead atoms. The molecule has 0 saturated carbocycles. The minimum Gasteiger partial charge on any atom is -0.496 e. The predicted octanol–water partition coefficient (Wildman–Crippen LogP) is 3.00. The molecule has 0 saturated heterocycles. The highest BCUT2D eigenvalue weighted by molar-refractivity contribution is 9.10. The lowest BCUT2D eigenvalue weighted by Crippen LogP contribution is -1.94. The minimum absolute atomic E-state index is 0.0834. The number of aliphatic hydroxyl groups excluding tert-OH is 1. The largest absolute Gasteiger partial charge is 0.496 e. The summed E-state index contributed by atoms with van der Waals surface area (Å²) in [7, 11) is 1.68. The molecular formula is C14H17BrN2O2. The zero-order valence-electron chi connectivity index (χ0n) is 11.2. The summed E-state index contributed by atoms with van der Waals surface area (Å²) in [5.74, 6) is 1.68. The molecule has 0 fully saturated rings. The number of aromatic nitrogens is 2. The van der Waals surface area contributed by atoms with Crippen molar-refractivity contribution in [2.75, 3.05) is 13.7 Å². The van der Waals surface area contributed by atoms with Crippen LogP contribution in [0.3, 0.4) is 0 Å². The number of hydrogen-bond acceptors (Lipinski definition) is 3. The van der Waals surface area contributed by atoms with Gasteiger partial charge >= 0.3 is 0 Å². The van der Waals surface area contributed by atoms with Gasteiger partial charge in [0.1, 0.15) is 21.9 Å². The van der Waals surface area contributed by atoms with Gasteiger partial charge in [0.05, 0.1) is 13.7 Å². The number of nitrogens with one attached hydrogen (secondary N) is 1. The van der Waals surface area contributed by atoms with E-state index in [4.69, 9.17) is 9.84 Å². The van der Waals surface area contributed by atoms with Crippen LogP contribution in [0, 0.1) is 13.8 Å². The van der Waals surface area contributed by atoms with E-state index in [0.29, 0.717) is 6.42 Å². The van der Waals surface area contributed by atoms with E-state index in [9.17, 15) is 0 Å². The molecule has 1 aromatic carbocycles. The third kappa shape index (κ3) is 2.82. The van der Waals surface area contributed by atoms with Crippen molar-refractivity contribution in [3.05, 3.63) is 33.7 Å². The van der Waals surface area contributed by atoms with Gasteiger partial charge in [0.2, 0.25) is 0 Å². The molecule has 0 spiro atoms. The number of aryl methyl sites for hydroxylation is 2. The van der Waals surface area contributed by atoms with Crippen LogP contribution in [0.1, 0.15) is 17.0 Å². The van der Waals surface area contributed by atoms with Crippen molar-refractivity contribution < 1.29 is 9.84 Å². The number of nitrogens with zero attached hydrogens (tertiary/aromatic N) is 1. The van der Waals surface area contributed by atoms with E-state index in [1.807, 2.05) is 13.8 Å². The van der Waals surface area contributed by atoms with Gasteiger partial charge in [0.15, 0.2) is 0 Å². The number of ether oxygens (including phenoxy) is 1. The van der Waals surface area contributed by atoms with Crippen molar-refractivity contribution in [3.8, 4) is 17.0 Å². The van der Waals surface area contributed by atoms with Crippen LogP contribution >= 0.6 is 15.9 Å². The Morgan fingerprint density at radius 3 is 2.47 bits per heavy atom. The first-order valence-corrected chi connectivity index (χ1v) is 6.87. The van der Waals surface area contributed by atoms with Gasteiger partial charge in [-0.1, -0.05) is 0 Å². The van der Waals surface area contributed by atoms with Crippen LogP contribution in [-0.2, 0) is 6.42 Å². The third-order valence-corrected chi connectivity index (χ3v) is 3.57. The highest BCUT2D eigenvalue weighted by atomic mass is 79.9. The maximum absolute atomic E-state index is 8.96. The van der Waals surface area contributed by atoms with Crippen LogP contribution < -0.4 is 4.74 Å². The molecule has 4 nitrogen and oxygen atoms in total. The van der Waals surface area contributed by atoms with Crippen LogP contribution in [0.15, 0.2) is 16.7 Å². The van der Waals surface area contributed by atoms with Crippen molar-refractivity contribution in [1.29, 1.82) is 0 Å². The quantitative estimate of drug-likeness (QED) is 0.908. The van der Waals surface area contributed by atoms with Crippen LogP contribution in [0.25, 0.3) is 11.3 Å². The molecule has 0 amide bonds. The van der Waals surface area contributed by atoms with E-state index in [-0.39, 0.29) is 6.61 Å². The Labute approximate surface area is 121 Å². The number of aromatic amines is 1. The fraction of sp³-hybridized carbons (Fsp3) is 0.357. The van der Waals surface area contributed by atoms with E-state index in [0.717, 1.165) is 38.6 Å². The fourth-order valence-corrected chi connectivity index (χ4v) is 2.77. The first kappa shape index (κ1) is 14.1. The van der Waals surface area contributed by atoms with Gasteiger partial charge in [-0.05, 0) is 53.0 Å². The van der Waals surface area contributed by atoms with Crippen LogP contribution in [0.2, 0.25) is 0 Å². The fourth-order valence-electron chi connectivity index (χ4n) is 2.22. The Bertz CT molecular complexity index is 570. The van der Waals surface area contributed by atoms with Crippen molar-refractivity contribution in [1.82, 2.24) is 9.97 Å². The lowest BCUT2D eigenvalue weighted by atomic mass is 10.0. The molecule has 0 radical (unpaired) electrons. The molecular weight excluding hydrogens is 308 g/mol. The maximum Gasteiger partial charge on any atom is 0.124 e. The van der Waals surface area contributed by atoms with Gasteiger partial charge in [0.25, 0.3) is 0 Å². The Balaban J connectivity index is 2.47. The molecule has 102 valence electrons. The van der Waals surface area contributed by atoms with Gasteiger partial charge in [-0.2, -0.15) is 0 Å². The molecule has 1 aromatic heterocycles. The summed E-state index contributed by atoms with van der Waals surface area (Å²) >= 11 is 3.48. The average molecular weight is 325 g/mol. The molecule has 0 unspecified atom stereocenters. The van der Waals surface area contributed by atoms with E-state index in [1.165, 1.54) is 0 Å². The van der Waals surface area contributed by atoms with Gasteiger partial charge in [-0.3, -0.25) is 0 Å². The van der Waals surface area contributed by atoms with Crippen LogP contribution in [0.4, 0.5) is 0 Å². The van der Waals surface area contributed by atoms with E-state index < -0.39 is 0 Å². The number of imidazole rings is 1. The first-order chi connectivity index (χ1) is 9.06. The summed E-state index contributed by atoms with van der Waals surface area (Å²) in [4.78, 5) is 7.63. The number of halogens is 1. The number of methoxy groups -OCH3 is 1. The number of rotatable bonds is 4. The zero-order chi connectivity index (χ0) is 14.0. The summed E-state index contributed by atoms with van der Waals surface area (Å²) in [5.41, 5.74) is 4.05. The molecule has 2 N–H and O–H groups in total. The molecule has 1 heterocycles. The molecule has 0 atom stereocenters. The van der Waals surface area contributed by atoms with Crippen molar-refractivity contribution >= 4 is 15.9 Å². The number of H-pyrrole nitrogens is 1. The highest BCUT2D eigenvalue weighted by Gasteiger charge is 2.13. The molecule has 0 aliphatic heterocycles. The Kier molecular flexibility index (Phi) is 4.27. The summed E-state index contributed by atoms with van der Waals surface area (Å²) < 4.78 is 6.20. The molecule has 2 rings (SSSR count). The third-order valence-electron chi connectivity index (χ3n) is 3.00. The van der Waals surface area contributed by atoms with Crippen molar-refractivity contribution in [2.24, 2.45) is 0 Å². The molecule has 5 heteroatoms. The lowest BCUT2D eigenvalue weighted by Gasteiger charge is -2.10. The SMILES string of the molecule is COc1c(C)cc(-c2nc(CCO)[nH]c2Br)cc1C. The van der Waals surface area contributed by atoms with Crippen LogP contribution in [0.5, 0.6) is 5.75 Å². The van der Waals surface area contributed by atoms with E-state index >= 15 is 0 Å². The normalized spacial score (nSPS) is 10.8. The first-order valence-electron chi connectivity index (χ1n) is 6.07. The molecule has 19 heavy (non-hydrogen) atoms. The molecule has 2 aromatic rings. The Hall–Kier alpha value is -1.33. The number of benzene rings is 1. The van der Waals surface area contributed by atoms with Crippen molar-refractivity contribution in [2.45, 2.75) is 20.3 Å². The second-order valence-corrected chi connectivity index (χ2v) is 5.26. The lowest BCUT2D eigenvalue weighted by molar-refractivity contribution is 0.297. The summed E-state index contributed by atoms with van der Waals surface area (Å²) in [6.45, 7) is 4.12. The summed E-state index contributed by atoms with van der Waals surface area (Å²) in [5, 5.41) is 8.96. The van der Waals surface area contributed by atoms with Gasteiger partial charge in [0, 0.05) is 12.0 Å². The van der Waals surface area contributed by atoms with Crippen molar-refractivity contribution in [3.63, 3.8) is 0 Å². The highest BCUT2D eigenvalue weighted by Crippen LogP contribution is 2.32. The minimum atomic E-state index is 0.0834. The Morgan fingerprint density at radius 2 is 1.95 bits per heavy atom. The monoisotopic (exact) mass is 324 g/mol. The van der Waals surface area contributed by atoms with Gasteiger partial charge in [-0.25, -0.2) is 4.98 Å². The summed E-state index contributed by atoms with van der Waals surface area (Å²) in [6.07, 6.45) is 0.521. The standard InChI is InChI=1S/C14H17BrN2O2/c1-8-6-10(7-9(2)13(8)19-3)12-14(15)17-11(16-12)4-5-18/h6-7,18H,4-5H2,1-3H3,(H,16,17).